The Kier molecular flexibility index (Phi) is 4.40. The lowest BCUT2D eigenvalue weighted by atomic mass is 10.1. The number of hydrogen-bond acceptors (Lipinski definition) is 2. The number of halogens is 1. The summed E-state index contributed by atoms with van der Waals surface area (Å²) in [7, 11) is -3.49. The Morgan fingerprint density at radius 1 is 1.24 bits per heavy atom. The molecule has 1 aromatic carbocycles. The zero-order chi connectivity index (χ0) is 16.1. The summed E-state index contributed by atoms with van der Waals surface area (Å²) < 4.78 is 28.4. The Hall–Kier alpha value is -0.650. The highest BCUT2D eigenvalue weighted by molar-refractivity contribution is 9.11. The molecule has 1 aliphatic rings. The van der Waals surface area contributed by atoms with Crippen molar-refractivity contribution in [2.24, 2.45) is 5.92 Å². The minimum Gasteiger partial charge on any atom is -0.207 e. The van der Waals surface area contributed by atoms with Crippen LogP contribution in [0.2, 0.25) is 0 Å². The summed E-state index contributed by atoms with van der Waals surface area (Å²) in [4.78, 5) is 0.440. The molecule has 2 rings (SSSR count). The quantitative estimate of drug-likeness (QED) is 0.752. The van der Waals surface area contributed by atoms with E-state index in [2.05, 4.69) is 22.5 Å². The maximum absolute atomic E-state index is 13.0. The molecule has 0 aliphatic carbocycles. The van der Waals surface area contributed by atoms with Gasteiger partial charge in [-0.1, -0.05) is 54.1 Å². The Morgan fingerprint density at radius 3 is 2.05 bits per heavy atom. The van der Waals surface area contributed by atoms with Crippen molar-refractivity contribution in [1.29, 1.82) is 0 Å². The minimum absolute atomic E-state index is 0.0121. The predicted octanol–water partition coefficient (Wildman–Crippen LogP) is 3.92. The molecule has 1 aromatic rings. The van der Waals surface area contributed by atoms with Crippen LogP contribution in [0.3, 0.4) is 0 Å². The van der Waals surface area contributed by atoms with E-state index < -0.39 is 10.0 Å². The topological polar surface area (TPSA) is 37.1 Å². The summed E-state index contributed by atoms with van der Waals surface area (Å²) >= 11 is 3.36. The molecule has 1 fully saturated rings. The second-order valence-electron chi connectivity index (χ2n) is 6.19. The standard InChI is InChI=1S/C16H22BrNO2S/c1-9(2)14-15(13(6)17)18(14)21(19,20)16-11(4)7-10(3)8-12(16)5/h7-9,14-15H,6H2,1-5H3/t14-,15-,18?/m0/s1. The lowest BCUT2D eigenvalue weighted by Gasteiger charge is -2.14. The Labute approximate surface area is 136 Å². The molecule has 0 amide bonds. The van der Waals surface area contributed by atoms with Crippen molar-refractivity contribution in [3.8, 4) is 0 Å². The van der Waals surface area contributed by atoms with Crippen molar-refractivity contribution in [3.05, 3.63) is 39.9 Å². The smallest absolute Gasteiger partial charge is 0.207 e. The van der Waals surface area contributed by atoms with Gasteiger partial charge in [0.25, 0.3) is 0 Å². The molecule has 0 aromatic heterocycles. The van der Waals surface area contributed by atoms with Gasteiger partial charge in [0.2, 0.25) is 10.0 Å². The van der Waals surface area contributed by atoms with E-state index in [0.717, 1.165) is 21.2 Å². The van der Waals surface area contributed by atoms with E-state index in [1.807, 2.05) is 46.8 Å². The van der Waals surface area contributed by atoms with E-state index in [0.29, 0.717) is 4.90 Å². The second-order valence-corrected chi connectivity index (χ2v) is 8.99. The third-order valence-electron chi connectivity index (χ3n) is 3.95. The molecule has 0 spiro atoms. The summed E-state index contributed by atoms with van der Waals surface area (Å²) in [5, 5.41) is 0. The normalized spacial score (nSPS) is 25.2. The molecule has 0 saturated carbocycles. The largest absolute Gasteiger partial charge is 0.244 e. The number of hydrogen-bond donors (Lipinski definition) is 0. The summed E-state index contributed by atoms with van der Waals surface area (Å²) in [5.41, 5.74) is 2.69. The molecule has 0 N–H and O–H groups in total. The lowest BCUT2D eigenvalue weighted by molar-refractivity contribution is 0.516. The first-order chi connectivity index (χ1) is 9.59. The third-order valence-corrected chi connectivity index (χ3v) is 6.60. The van der Waals surface area contributed by atoms with Crippen LogP contribution in [0.4, 0.5) is 0 Å². The fourth-order valence-electron chi connectivity index (χ4n) is 3.20. The number of benzene rings is 1. The van der Waals surface area contributed by atoms with Crippen LogP contribution in [0, 0.1) is 26.7 Å². The van der Waals surface area contributed by atoms with Crippen LogP contribution < -0.4 is 0 Å². The molecule has 1 unspecified atom stereocenters. The van der Waals surface area contributed by atoms with Crippen LogP contribution in [0.25, 0.3) is 0 Å². The third kappa shape index (κ3) is 2.83. The van der Waals surface area contributed by atoms with Gasteiger partial charge in [0.1, 0.15) is 0 Å². The number of nitrogens with zero attached hydrogens (tertiary/aromatic N) is 1. The molecular weight excluding hydrogens is 350 g/mol. The van der Waals surface area contributed by atoms with Crippen molar-refractivity contribution in [2.45, 2.75) is 51.6 Å². The van der Waals surface area contributed by atoms with Gasteiger partial charge < -0.3 is 0 Å². The van der Waals surface area contributed by atoms with Gasteiger partial charge in [-0.2, -0.15) is 4.31 Å². The highest BCUT2D eigenvalue weighted by Gasteiger charge is 2.57. The van der Waals surface area contributed by atoms with Crippen LogP contribution in [-0.2, 0) is 10.0 Å². The van der Waals surface area contributed by atoms with Gasteiger partial charge >= 0.3 is 0 Å². The molecule has 3 atom stereocenters. The van der Waals surface area contributed by atoms with E-state index in [9.17, 15) is 8.42 Å². The van der Waals surface area contributed by atoms with Crippen LogP contribution >= 0.6 is 15.9 Å². The number of sulfonamides is 1. The molecule has 0 radical (unpaired) electrons. The van der Waals surface area contributed by atoms with Crippen molar-refractivity contribution in [2.75, 3.05) is 0 Å². The maximum atomic E-state index is 13.0. The van der Waals surface area contributed by atoms with Gasteiger partial charge in [-0.3, -0.25) is 0 Å². The number of aryl methyl sites for hydroxylation is 3. The molecule has 21 heavy (non-hydrogen) atoms. The lowest BCUT2D eigenvalue weighted by Crippen LogP contribution is -2.20. The first-order valence-corrected chi connectivity index (χ1v) is 9.28. The Bertz CT molecular complexity index is 671. The van der Waals surface area contributed by atoms with Gasteiger partial charge in [0.05, 0.1) is 10.9 Å². The molecule has 5 heteroatoms. The summed E-state index contributed by atoms with van der Waals surface area (Å²) in [6.07, 6.45) is 0. The average molecular weight is 372 g/mol. The molecular formula is C16H22BrNO2S. The summed E-state index contributed by atoms with van der Waals surface area (Å²) in [6.45, 7) is 13.7. The Balaban J connectivity index is 2.52. The van der Waals surface area contributed by atoms with E-state index in [4.69, 9.17) is 0 Å². The van der Waals surface area contributed by atoms with Gasteiger partial charge in [-0.25, -0.2) is 8.42 Å². The van der Waals surface area contributed by atoms with Crippen molar-refractivity contribution in [1.82, 2.24) is 4.31 Å². The molecule has 116 valence electrons. The predicted molar refractivity (Wildman–Crippen MR) is 90.2 cm³/mol. The molecule has 1 heterocycles. The fourth-order valence-corrected chi connectivity index (χ4v) is 6.14. The van der Waals surface area contributed by atoms with Crippen LogP contribution in [0.5, 0.6) is 0 Å². The van der Waals surface area contributed by atoms with Crippen LogP contribution in [0.1, 0.15) is 30.5 Å². The van der Waals surface area contributed by atoms with Crippen molar-refractivity contribution in [3.63, 3.8) is 0 Å². The zero-order valence-corrected chi connectivity index (χ0v) is 15.5. The molecule has 3 nitrogen and oxygen atoms in total. The first-order valence-electron chi connectivity index (χ1n) is 7.04. The maximum Gasteiger partial charge on any atom is 0.244 e. The van der Waals surface area contributed by atoms with E-state index >= 15 is 0 Å². The SMILES string of the molecule is C=C(Br)[C@H]1[C@H](C(C)C)N1S(=O)(=O)c1c(C)cc(C)cc1C. The monoisotopic (exact) mass is 371 g/mol. The first kappa shape index (κ1) is 16.7. The van der Waals surface area contributed by atoms with Crippen molar-refractivity contribution >= 4 is 26.0 Å². The van der Waals surface area contributed by atoms with E-state index in [1.54, 1.807) is 4.31 Å². The summed E-state index contributed by atoms with van der Waals surface area (Å²) in [6, 6.07) is 3.69. The van der Waals surface area contributed by atoms with Crippen LogP contribution in [0.15, 0.2) is 28.1 Å². The number of rotatable bonds is 4. The minimum atomic E-state index is -3.49. The second kappa shape index (κ2) is 5.52. The van der Waals surface area contributed by atoms with E-state index in [1.165, 1.54) is 0 Å². The van der Waals surface area contributed by atoms with Gasteiger partial charge in [0, 0.05) is 10.5 Å². The molecule has 1 aliphatic heterocycles. The van der Waals surface area contributed by atoms with Crippen molar-refractivity contribution < 1.29 is 8.42 Å². The van der Waals surface area contributed by atoms with Gasteiger partial charge in [-0.05, 0) is 37.8 Å². The molecule has 0 bridgehead atoms. The fraction of sp³-hybridized carbons (Fsp3) is 0.500. The zero-order valence-electron chi connectivity index (χ0n) is 13.1. The summed E-state index contributed by atoms with van der Waals surface area (Å²) in [5.74, 6) is 0.255. The van der Waals surface area contributed by atoms with Gasteiger partial charge in [0.15, 0.2) is 0 Å². The molecule has 1 saturated heterocycles. The highest BCUT2D eigenvalue weighted by atomic mass is 79.9. The Morgan fingerprint density at radius 2 is 1.71 bits per heavy atom. The van der Waals surface area contributed by atoms with Crippen LogP contribution in [-0.4, -0.2) is 24.8 Å². The van der Waals surface area contributed by atoms with Gasteiger partial charge in [-0.15, -0.1) is 0 Å². The highest BCUT2D eigenvalue weighted by Crippen LogP contribution is 2.46. The average Bonchev–Trinajstić information content (AvgIpc) is 3.02. The van der Waals surface area contributed by atoms with E-state index in [-0.39, 0.29) is 18.0 Å².